The van der Waals surface area contributed by atoms with E-state index in [0.29, 0.717) is 17.3 Å². The minimum Gasteiger partial charge on any atom is -0.497 e. The van der Waals surface area contributed by atoms with Crippen molar-refractivity contribution in [3.05, 3.63) is 71.4 Å². The van der Waals surface area contributed by atoms with Crippen LogP contribution in [0.1, 0.15) is 16.3 Å². The zero-order valence-corrected chi connectivity index (χ0v) is 14.9. The van der Waals surface area contributed by atoms with Crippen molar-refractivity contribution in [1.82, 2.24) is 9.97 Å². The molecule has 144 valence electrons. The van der Waals surface area contributed by atoms with E-state index in [0.717, 1.165) is 12.1 Å². The zero-order chi connectivity index (χ0) is 20.3. The standard InChI is InChI=1S/C19H15F3N4O2/c1-10-23-15(19(27)26-14-7-6-13(20)17(21)18(14)22)9-16(24-10)25-11-4-3-5-12(8-11)28-2/h3-9H,1-2H3,(H,26,27)(H,23,24,25). The molecule has 1 aromatic heterocycles. The highest BCUT2D eigenvalue weighted by atomic mass is 19.2. The second-order valence-electron chi connectivity index (χ2n) is 5.72. The Morgan fingerprint density at radius 1 is 1.04 bits per heavy atom. The number of rotatable bonds is 5. The fourth-order valence-corrected chi connectivity index (χ4v) is 2.41. The maximum atomic E-state index is 13.8. The van der Waals surface area contributed by atoms with Gasteiger partial charge in [-0.15, -0.1) is 0 Å². The molecule has 2 N–H and O–H groups in total. The molecule has 1 heterocycles. The fourth-order valence-electron chi connectivity index (χ4n) is 2.41. The summed E-state index contributed by atoms with van der Waals surface area (Å²) in [7, 11) is 1.54. The smallest absolute Gasteiger partial charge is 0.274 e. The Balaban J connectivity index is 1.84. The summed E-state index contributed by atoms with van der Waals surface area (Å²) >= 11 is 0. The van der Waals surface area contributed by atoms with E-state index >= 15 is 0 Å². The first kappa shape index (κ1) is 19.2. The number of carbonyl (C=O) groups excluding carboxylic acids is 1. The largest absolute Gasteiger partial charge is 0.497 e. The Morgan fingerprint density at radius 3 is 2.57 bits per heavy atom. The average Bonchev–Trinajstić information content (AvgIpc) is 2.68. The second-order valence-corrected chi connectivity index (χ2v) is 5.72. The van der Waals surface area contributed by atoms with E-state index in [-0.39, 0.29) is 11.5 Å². The van der Waals surface area contributed by atoms with Gasteiger partial charge in [0.25, 0.3) is 5.91 Å². The van der Waals surface area contributed by atoms with E-state index < -0.39 is 29.0 Å². The minimum atomic E-state index is -1.67. The van der Waals surface area contributed by atoms with Gasteiger partial charge in [-0.05, 0) is 31.2 Å². The van der Waals surface area contributed by atoms with Crippen LogP contribution in [0, 0.1) is 24.4 Å². The fraction of sp³-hybridized carbons (Fsp3) is 0.105. The average molecular weight is 388 g/mol. The number of hydrogen-bond acceptors (Lipinski definition) is 5. The summed E-state index contributed by atoms with van der Waals surface area (Å²) in [6.07, 6.45) is 0. The summed E-state index contributed by atoms with van der Waals surface area (Å²) in [5.74, 6) is -4.09. The van der Waals surface area contributed by atoms with E-state index in [9.17, 15) is 18.0 Å². The monoisotopic (exact) mass is 388 g/mol. The number of nitrogens with zero attached hydrogens (tertiary/aromatic N) is 2. The lowest BCUT2D eigenvalue weighted by atomic mass is 10.2. The quantitative estimate of drug-likeness (QED) is 0.641. The predicted octanol–water partition coefficient (Wildman–Crippen LogP) is 4.21. The molecule has 0 saturated heterocycles. The number of nitrogens with one attached hydrogen (secondary N) is 2. The number of carbonyl (C=O) groups is 1. The highest BCUT2D eigenvalue weighted by molar-refractivity contribution is 6.03. The molecular weight excluding hydrogens is 373 g/mol. The first-order chi connectivity index (χ1) is 13.4. The molecule has 28 heavy (non-hydrogen) atoms. The summed E-state index contributed by atoms with van der Waals surface area (Å²) in [5.41, 5.74) is 0.0833. The van der Waals surface area contributed by atoms with Crippen LogP contribution in [0.4, 0.5) is 30.4 Å². The number of halogens is 3. The van der Waals surface area contributed by atoms with Gasteiger partial charge in [0.2, 0.25) is 0 Å². The molecule has 9 heteroatoms. The third-order valence-electron chi connectivity index (χ3n) is 3.70. The molecule has 0 aliphatic rings. The number of anilines is 3. The summed E-state index contributed by atoms with van der Waals surface area (Å²) in [6.45, 7) is 1.58. The molecule has 6 nitrogen and oxygen atoms in total. The van der Waals surface area contributed by atoms with Crippen LogP contribution in [0.15, 0.2) is 42.5 Å². The SMILES string of the molecule is COc1cccc(Nc2cc(C(=O)Nc3ccc(F)c(F)c3F)nc(C)n2)c1. The topological polar surface area (TPSA) is 76.1 Å². The molecule has 3 aromatic rings. The van der Waals surface area contributed by atoms with Crippen LogP contribution in [0.3, 0.4) is 0 Å². The molecule has 0 saturated carbocycles. The van der Waals surface area contributed by atoms with Gasteiger partial charge in [-0.25, -0.2) is 23.1 Å². The summed E-state index contributed by atoms with van der Waals surface area (Å²) in [4.78, 5) is 20.6. The lowest BCUT2D eigenvalue weighted by Crippen LogP contribution is -2.17. The molecule has 0 bridgehead atoms. The molecule has 0 aliphatic heterocycles. The highest BCUT2D eigenvalue weighted by Crippen LogP contribution is 2.22. The lowest BCUT2D eigenvalue weighted by molar-refractivity contribution is 0.102. The number of ether oxygens (including phenoxy) is 1. The molecule has 2 aromatic carbocycles. The van der Waals surface area contributed by atoms with Crippen molar-refractivity contribution in [3.8, 4) is 5.75 Å². The summed E-state index contributed by atoms with van der Waals surface area (Å²) in [6, 6.07) is 10.0. The lowest BCUT2D eigenvalue weighted by Gasteiger charge is -2.10. The number of amides is 1. The minimum absolute atomic E-state index is 0.0815. The van der Waals surface area contributed by atoms with Crippen LogP contribution in [-0.2, 0) is 0 Å². The van der Waals surface area contributed by atoms with Gasteiger partial charge in [0.15, 0.2) is 17.5 Å². The van der Waals surface area contributed by atoms with Gasteiger partial charge < -0.3 is 15.4 Å². The van der Waals surface area contributed by atoms with Crippen molar-refractivity contribution in [2.45, 2.75) is 6.92 Å². The van der Waals surface area contributed by atoms with Crippen LogP contribution in [0.25, 0.3) is 0 Å². The first-order valence-electron chi connectivity index (χ1n) is 8.09. The van der Waals surface area contributed by atoms with Gasteiger partial charge in [-0.1, -0.05) is 6.07 Å². The van der Waals surface area contributed by atoms with Crippen molar-refractivity contribution in [2.24, 2.45) is 0 Å². The van der Waals surface area contributed by atoms with E-state index in [4.69, 9.17) is 4.74 Å². The normalized spacial score (nSPS) is 10.5. The number of benzene rings is 2. The Bertz CT molecular complexity index is 1040. The number of aromatic nitrogens is 2. The molecule has 0 radical (unpaired) electrons. The molecule has 3 rings (SSSR count). The molecule has 1 amide bonds. The third kappa shape index (κ3) is 4.20. The van der Waals surface area contributed by atoms with Gasteiger partial charge in [-0.2, -0.15) is 0 Å². The van der Waals surface area contributed by atoms with Crippen LogP contribution in [0.5, 0.6) is 5.75 Å². The van der Waals surface area contributed by atoms with Crippen molar-refractivity contribution in [1.29, 1.82) is 0 Å². The summed E-state index contributed by atoms with van der Waals surface area (Å²) in [5, 5.41) is 5.18. The third-order valence-corrected chi connectivity index (χ3v) is 3.70. The maximum Gasteiger partial charge on any atom is 0.274 e. The van der Waals surface area contributed by atoms with E-state index in [1.54, 1.807) is 31.2 Å². The first-order valence-corrected chi connectivity index (χ1v) is 8.09. The van der Waals surface area contributed by atoms with Crippen LogP contribution >= 0.6 is 0 Å². The van der Waals surface area contributed by atoms with Gasteiger partial charge in [0.05, 0.1) is 12.8 Å². The molecule has 0 unspecified atom stereocenters. The Morgan fingerprint density at radius 2 is 1.82 bits per heavy atom. The number of hydrogen-bond donors (Lipinski definition) is 2. The van der Waals surface area contributed by atoms with E-state index in [1.807, 2.05) is 0 Å². The number of aryl methyl sites for hydroxylation is 1. The van der Waals surface area contributed by atoms with Crippen molar-refractivity contribution in [2.75, 3.05) is 17.7 Å². The van der Waals surface area contributed by atoms with E-state index in [2.05, 4.69) is 20.6 Å². The van der Waals surface area contributed by atoms with Crippen molar-refractivity contribution < 1.29 is 22.7 Å². The van der Waals surface area contributed by atoms with Gasteiger partial charge >= 0.3 is 0 Å². The van der Waals surface area contributed by atoms with Crippen molar-refractivity contribution >= 4 is 23.1 Å². The Labute approximate surface area is 158 Å². The molecular formula is C19H15F3N4O2. The van der Waals surface area contributed by atoms with E-state index in [1.165, 1.54) is 13.2 Å². The molecule has 0 fully saturated rings. The zero-order valence-electron chi connectivity index (χ0n) is 14.9. The molecule has 0 spiro atoms. The Kier molecular flexibility index (Phi) is 5.44. The van der Waals surface area contributed by atoms with Crippen LogP contribution in [-0.4, -0.2) is 23.0 Å². The van der Waals surface area contributed by atoms with Crippen molar-refractivity contribution in [3.63, 3.8) is 0 Å². The highest BCUT2D eigenvalue weighted by Gasteiger charge is 2.17. The summed E-state index contributed by atoms with van der Waals surface area (Å²) < 4.78 is 45.3. The van der Waals surface area contributed by atoms with Gasteiger partial charge in [0, 0.05) is 17.8 Å². The van der Waals surface area contributed by atoms with Gasteiger partial charge in [0.1, 0.15) is 23.1 Å². The second kappa shape index (κ2) is 7.95. The van der Waals surface area contributed by atoms with Crippen LogP contribution in [0.2, 0.25) is 0 Å². The van der Waals surface area contributed by atoms with Crippen LogP contribution < -0.4 is 15.4 Å². The Hall–Kier alpha value is -3.62. The predicted molar refractivity (Wildman–Crippen MR) is 97.3 cm³/mol. The number of methoxy groups -OCH3 is 1. The van der Waals surface area contributed by atoms with Gasteiger partial charge in [-0.3, -0.25) is 4.79 Å². The maximum absolute atomic E-state index is 13.8. The molecule has 0 atom stereocenters. The molecule has 0 aliphatic carbocycles.